The summed E-state index contributed by atoms with van der Waals surface area (Å²) in [5, 5.41) is 0.651. The van der Waals surface area contributed by atoms with E-state index in [2.05, 4.69) is 4.98 Å². The molecule has 0 radical (unpaired) electrons. The van der Waals surface area contributed by atoms with Crippen LogP contribution in [-0.4, -0.2) is 24.5 Å². The number of hydrogen-bond acceptors (Lipinski definition) is 5. The highest BCUT2D eigenvalue weighted by Crippen LogP contribution is 2.34. The van der Waals surface area contributed by atoms with E-state index in [0.29, 0.717) is 28.6 Å². The fraction of sp³-hybridized carbons (Fsp3) is 0.200. The molecular weight excluding hydrogens is 367 g/mol. The first kappa shape index (κ1) is 17.5. The Morgan fingerprint density at radius 3 is 2.67 bits per heavy atom. The smallest absolute Gasteiger partial charge is 0.270 e. The van der Waals surface area contributed by atoms with E-state index in [-0.39, 0.29) is 18.3 Å². The Labute approximate surface area is 160 Å². The molecule has 1 amide bonds. The van der Waals surface area contributed by atoms with Crippen molar-refractivity contribution >= 4 is 22.9 Å². The molecule has 1 aromatic heterocycles. The zero-order valence-corrected chi connectivity index (χ0v) is 15.5. The van der Waals surface area contributed by atoms with Crippen LogP contribution in [0.1, 0.15) is 20.4 Å². The Morgan fingerprint density at radius 1 is 1.15 bits per heavy atom. The molecule has 138 valence electrons. The molecule has 27 heavy (non-hydrogen) atoms. The summed E-state index contributed by atoms with van der Waals surface area (Å²) in [5.41, 5.74) is 1.51. The highest BCUT2D eigenvalue weighted by Gasteiger charge is 2.30. The second-order valence-corrected chi connectivity index (χ2v) is 7.06. The van der Waals surface area contributed by atoms with E-state index in [1.165, 1.54) is 17.4 Å². The summed E-state index contributed by atoms with van der Waals surface area (Å²) in [6, 6.07) is 13.7. The number of methoxy groups -OCH3 is 1. The summed E-state index contributed by atoms with van der Waals surface area (Å²) in [4.78, 5) is 19.8. The fourth-order valence-corrected chi connectivity index (χ4v) is 4.00. The number of benzene rings is 2. The van der Waals surface area contributed by atoms with E-state index in [4.69, 9.17) is 9.47 Å². The van der Waals surface area contributed by atoms with Gasteiger partial charge in [-0.05, 0) is 24.3 Å². The van der Waals surface area contributed by atoms with Gasteiger partial charge in [0.05, 0.1) is 18.5 Å². The van der Waals surface area contributed by atoms with E-state index in [1.54, 1.807) is 30.2 Å². The van der Waals surface area contributed by atoms with Crippen LogP contribution in [0.25, 0.3) is 0 Å². The number of aromatic nitrogens is 1. The van der Waals surface area contributed by atoms with Crippen LogP contribution in [0.3, 0.4) is 0 Å². The zero-order chi connectivity index (χ0) is 18.8. The van der Waals surface area contributed by atoms with Gasteiger partial charge in [0.25, 0.3) is 5.91 Å². The van der Waals surface area contributed by atoms with E-state index in [1.807, 2.05) is 24.3 Å². The van der Waals surface area contributed by atoms with Gasteiger partial charge in [-0.1, -0.05) is 24.3 Å². The van der Waals surface area contributed by atoms with Crippen LogP contribution in [-0.2, 0) is 13.0 Å². The number of fused-ring (bicyclic) bond motifs is 1. The summed E-state index contributed by atoms with van der Waals surface area (Å²) in [5.74, 6) is 0.308. The molecule has 0 aliphatic carbocycles. The van der Waals surface area contributed by atoms with Crippen molar-refractivity contribution in [3.8, 4) is 11.5 Å². The second kappa shape index (κ2) is 7.36. The molecule has 4 rings (SSSR count). The quantitative estimate of drug-likeness (QED) is 0.665. The molecule has 2 aromatic carbocycles. The lowest BCUT2D eigenvalue weighted by molar-refractivity contribution is 0.0983. The van der Waals surface area contributed by atoms with Crippen molar-refractivity contribution < 1.29 is 18.7 Å². The Balaban J connectivity index is 1.54. The number of halogens is 1. The number of para-hydroxylation sites is 3. The highest BCUT2D eigenvalue weighted by molar-refractivity contribution is 7.14. The van der Waals surface area contributed by atoms with Gasteiger partial charge in [0.1, 0.15) is 22.2 Å². The number of ether oxygens (including phenoxy) is 2. The first-order valence-corrected chi connectivity index (χ1v) is 9.30. The number of anilines is 1. The van der Waals surface area contributed by atoms with Crippen LogP contribution in [0.2, 0.25) is 0 Å². The molecule has 0 saturated heterocycles. The van der Waals surface area contributed by atoms with Gasteiger partial charge < -0.3 is 14.4 Å². The van der Waals surface area contributed by atoms with Crippen molar-refractivity contribution in [1.82, 2.24) is 4.98 Å². The molecule has 0 atom stereocenters. The van der Waals surface area contributed by atoms with E-state index in [9.17, 15) is 9.18 Å². The maximum absolute atomic E-state index is 13.7. The molecule has 0 N–H and O–H groups in total. The normalized spacial score (nSPS) is 13.4. The van der Waals surface area contributed by atoms with Gasteiger partial charge >= 0.3 is 0 Å². The Hall–Kier alpha value is -2.93. The summed E-state index contributed by atoms with van der Waals surface area (Å²) in [6.45, 7) is 0.657. The third-order valence-corrected chi connectivity index (χ3v) is 5.38. The van der Waals surface area contributed by atoms with Gasteiger partial charge in [-0.3, -0.25) is 4.79 Å². The van der Waals surface area contributed by atoms with Gasteiger partial charge in [0, 0.05) is 13.0 Å². The SMILES string of the molecule is COc1ccccc1N1CCc2nc(COc3ccccc3F)sc2C1=O. The maximum atomic E-state index is 13.7. The van der Waals surface area contributed by atoms with Crippen LogP contribution < -0.4 is 14.4 Å². The topological polar surface area (TPSA) is 51.7 Å². The predicted octanol–water partition coefficient (Wildman–Crippen LogP) is 4.07. The number of carbonyl (C=O) groups is 1. The molecule has 0 bridgehead atoms. The molecule has 3 aromatic rings. The van der Waals surface area contributed by atoms with Crippen LogP contribution >= 0.6 is 11.3 Å². The third kappa shape index (κ3) is 3.38. The van der Waals surface area contributed by atoms with E-state index in [0.717, 1.165) is 11.4 Å². The number of nitrogens with zero attached hydrogens (tertiary/aromatic N) is 2. The van der Waals surface area contributed by atoms with Crippen molar-refractivity contribution in [2.24, 2.45) is 0 Å². The van der Waals surface area contributed by atoms with Gasteiger partial charge in [-0.15, -0.1) is 11.3 Å². The van der Waals surface area contributed by atoms with Crippen LogP contribution in [0, 0.1) is 5.82 Å². The molecule has 0 spiro atoms. The Bertz CT molecular complexity index is 989. The molecule has 0 fully saturated rings. The molecule has 7 heteroatoms. The van der Waals surface area contributed by atoms with Crippen molar-refractivity contribution in [1.29, 1.82) is 0 Å². The molecule has 0 unspecified atom stereocenters. The van der Waals surface area contributed by atoms with Gasteiger partial charge in [0.2, 0.25) is 0 Å². The molecule has 1 aliphatic rings. The summed E-state index contributed by atoms with van der Waals surface area (Å²) >= 11 is 1.29. The summed E-state index contributed by atoms with van der Waals surface area (Å²) < 4.78 is 24.6. The van der Waals surface area contributed by atoms with E-state index < -0.39 is 5.82 Å². The maximum Gasteiger partial charge on any atom is 0.270 e. The zero-order valence-electron chi connectivity index (χ0n) is 14.6. The predicted molar refractivity (Wildman–Crippen MR) is 101 cm³/mol. The molecule has 2 heterocycles. The Morgan fingerprint density at radius 2 is 1.89 bits per heavy atom. The van der Waals surface area contributed by atoms with Crippen LogP contribution in [0.15, 0.2) is 48.5 Å². The number of thiazole rings is 1. The van der Waals surface area contributed by atoms with Crippen LogP contribution in [0.5, 0.6) is 11.5 Å². The first-order valence-electron chi connectivity index (χ1n) is 8.48. The van der Waals surface area contributed by atoms with Gasteiger partial charge in [0.15, 0.2) is 11.6 Å². The minimum absolute atomic E-state index is 0.101. The molecular formula is C20H17FN2O3S. The lowest BCUT2D eigenvalue weighted by atomic mass is 10.1. The highest BCUT2D eigenvalue weighted by atomic mass is 32.1. The van der Waals surface area contributed by atoms with Crippen molar-refractivity contribution in [3.63, 3.8) is 0 Å². The number of hydrogen-bond donors (Lipinski definition) is 0. The second-order valence-electron chi connectivity index (χ2n) is 5.98. The summed E-state index contributed by atoms with van der Waals surface area (Å²) in [6.07, 6.45) is 0.648. The summed E-state index contributed by atoms with van der Waals surface area (Å²) in [7, 11) is 1.59. The molecule has 1 aliphatic heterocycles. The average molecular weight is 384 g/mol. The first-order chi connectivity index (χ1) is 13.2. The third-order valence-electron chi connectivity index (χ3n) is 4.32. The van der Waals surface area contributed by atoms with Gasteiger partial charge in [-0.2, -0.15) is 0 Å². The van der Waals surface area contributed by atoms with Crippen molar-refractivity contribution in [3.05, 3.63) is 69.9 Å². The molecule has 0 saturated carbocycles. The number of amides is 1. The minimum Gasteiger partial charge on any atom is -0.495 e. The lowest BCUT2D eigenvalue weighted by Gasteiger charge is -2.27. The number of rotatable bonds is 5. The fourth-order valence-electron chi connectivity index (χ4n) is 3.02. The molecule has 5 nitrogen and oxygen atoms in total. The van der Waals surface area contributed by atoms with E-state index >= 15 is 0 Å². The van der Waals surface area contributed by atoms with Gasteiger partial charge in [-0.25, -0.2) is 9.37 Å². The van der Waals surface area contributed by atoms with Crippen molar-refractivity contribution in [2.45, 2.75) is 13.0 Å². The lowest BCUT2D eigenvalue weighted by Crippen LogP contribution is -2.37. The Kier molecular flexibility index (Phi) is 4.77. The standard InChI is InChI=1S/C20H17FN2O3S/c1-25-17-9-5-3-7-15(17)23-11-10-14-19(20(23)24)27-18(22-14)12-26-16-8-4-2-6-13(16)21/h2-9H,10-12H2,1H3. The average Bonchev–Trinajstić information content (AvgIpc) is 3.12. The van der Waals surface area contributed by atoms with Crippen molar-refractivity contribution in [2.75, 3.05) is 18.6 Å². The minimum atomic E-state index is -0.419. The van der Waals surface area contributed by atoms with Crippen LogP contribution in [0.4, 0.5) is 10.1 Å². The number of carbonyl (C=O) groups excluding carboxylic acids is 1. The monoisotopic (exact) mass is 384 g/mol. The largest absolute Gasteiger partial charge is 0.495 e.